The zero-order chi connectivity index (χ0) is 51.0. The van der Waals surface area contributed by atoms with Gasteiger partial charge in [0.15, 0.2) is 0 Å². The Kier molecular flexibility index (Phi) is 5.67. The molecule has 10 aromatic rings. The molecule has 0 aliphatic heterocycles. The van der Waals surface area contributed by atoms with E-state index < -0.39 is 118 Å². The summed E-state index contributed by atoms with van der Waals surface area (Å²) in [5, 5.41) is 1.10. The number of nitrogens with zero attached hydrogens (tertiary/aromatic N) is 1. The minimum atomic E-state index is -0.789. The van der Waals surface area contributed by atoms with Gasteiger partial charge in [-0.05, 0) is 120 Å². The number of hydrogen-bond acceptors (Lipinski definition) is 1. The minimum absolute atomic E-state index is 0.00520. The fraction of sp³-hybridized carbons (Fsp3) is 0. The van der Waals surface area contributed by atoms with Crippen LogP contribution < -0.4 is 4.90 Å². The van der Waals surface area contributed by atoms with Crippen molar-refractivity contribution in [1.29, 1.82) is 0 Å². The van der Waals surface area contributed by atoms with Crippen molar-refractivity contribution >= 4 is 38.6 Å². The second-order valence-electron chi connectivity index (χ2n) is 13.3. The summed E-state index contributed by atoms with van der Waals surface area (Å²) in [5.74, 6) is 0. The van der Waals surface area contributed by atoms with E-state index in [-0.39, 0.29) is 16.9 Å². The molecule has 0 bridgehead atoms. The van der Waals surface area contributed by atoms with Crippen LogP contribution in [0.2, 0.25) is 0 Å². The largest absolute Gasteiger partial charge is 0.311 e. The summed E-state index contributed by atoms with van der Waals surface area (Å²) >= 11 is 0. The van der Waals surface area contributed by atoms with Gasteiger partial charge in [-0.1, -0.05) is 194 Å². The maximum Gasteiger partial charge on any atom is 0.0645 e. The molecule has 57 heavy (non-hydrogen) atoms. The van der Waals surface area contributed by atoms with Crippen LogP contribution in [0.3, 0.4) is 0 Å². The van der Waals surface area contributed by atoms with E-state index in [4.69, 9.17) is 8.22 Å². The molecule has 268 valence electrons. The Hall–Kier alpha value is -7.48. The Bertz CT molecular complexity index is 3790. The van der Waals surface area contributed by atoms with Crippen molar-refractivity contribution in [3.8, 4) is 55.6 Å². The summed E-state index contributed by atoms with van der Waals surface area (Å²) in [7, 11) is 0. The highest BCUT2D eigenvalue weighted by molar-refractivity contribution is 6.04. The van der Waals surface area contributed by atoms with Crippen LogP contribution in [-0.4, -0.2) is 0 Å². The van der Waals surface area contributed by atoms with Gasteiger partial charge < -0.3 is 4.90 Å². The van der Waals surface area contributed by atoms with Crippen molar-refractivity contribution in [3.05, 3.63) is 236 Å². The third kappa shape index (κ3) is 6.77. The summed E-state index contributed by atoms with van der Waals surface area (Å²) in [6.07, 6.45) is 0. The van der Waals surface area contributed by atoms with Crippen molar-refractivity contribution in [2.24, 2.45) is 0 Å². The van der Waals surface area contributed by atoms with Crippen molar-refractivity contribution in [1.82, 2.24) is 0 Å². The summed E-state index contributed by atoms with van der Waals surface area (Å²) in [4.78, 5) is 1.16. The van der Waals surface area contributed by atoms with Gasteiger partial charge in [0.1, 0.15) is 0 Å². The van der Waals surface area contributed by atoms with Gasteiger partial charge in [-0.2, -0.15) is 0 Å². The molecule has 0 unspecified atom stereocenters. The Morgan fingerprint density at radius 2 is 0.807 bits per heavy atom. The number of benzene rings is 10. The number of hydrogen-bond donors (Lipinski definition) is 0. The number of rotatable bonds is 8. The molecule has 0 saturated carbocycles. The topological polar surface area (TPSA) is 3.24 Å². The van der Waals surface area contributed by atoms with Gasteiger partial charge in [0.25, 0.3) is 0 Å². The monoisotopic (exact) mass is 740 g/mol. The molecule has 0 aliphatic rings. The van der Waals surface area contributed by atoms with E-state index in [1.165, 1.54) is 0 Å². The quantitative estimate of drug-likeness (QED) is 0.150. The van der Waals surface area contributed by atoms with Gasteiger partial charge in [-0.25, -0.2) is 0 Å². The zero-order valence-electron chi connectivity index (χ0n) is 45.3. The van der Waals surface area contributed by atoms with Crippen LogP contribution in [0.5, 0.6) is 0 Å². The Balaban J connectivity index is 1.21. The molecule has 0 atom stereocenters. The molecule has 10 aromatic carbocycles. The van der Waals surface area contributed by atoms with Crippen molar-refractivity contribution < 1.29 is 20.6 Å². The van der Waals surface area contributed by atoms with E-state index in [1.54, 1.807) is 36.4 Å². The lowest BCUT2D eigenvalue weighted by Gasteiger charge is -2.26. The maximum absolute atomic E-state index is 9.61. The molecule has 0 radical (unpaired) electrons. The summed E-state index contributed by atoms with van der Waals surface area (Å²) < 4.78 is 137. The Morgan fingerprint density at radius 1 is 0.298 bits per heavy atom. The molecule has 0 amide bonds. The average Bonchev–Trinajstić information content (AvgIpc) is 3.40. The molecular weight excluding hydrogens is 687 g/mol. The third-order valence-corrected chi connectivity index (χ3v) is 9.88. The lowest BCUT2D eigenvalue weighted by molar-refractivity contribution is 1.28. The van der Waals surface area contributed by atoms with Crippen LogP contribution in [0.4, 0.5) is 17.1 Å². The standard InChI is InChI=1S/C56H39N/c1-3-11-40(12-4-1)42-19-21-43(22-20-42)44-25-32-51(33-26-44)57(52-34-27-45(28-35-52)50-24-23-41-13-7-8-17-49(41)39-50)53-36-29-48(30-37-53)56-54-18-10-9-16-47(54)31-38-55(56)46-14-5-2-6-15-46/h1-39H/i7D,8D,13D,17D,23D,24D,25D,26D,27D,28D,32D,33D,34D,35D,39D. The first-order valence-electron chi connectivity index (χ1n) is 25.9. The molecule has 0 aromatic heterocycles. The van der Waals surface area contributed by atoms with Gasteiger partial charge in [0.2, 0.25) is 0 Å². The van der Waals surface area contributed by atoms with Gasteiger partial charge >= 0.3 is 0 Å². The average molecular weight is 741 g/mol. The second kappa shape index (κ2) is 15.0. The molecule has 10 rings (SSSR count). The molecule has 0 saturated heterocycles. The van der Waals surface area contributed by atoms with E-state index in [9.17, 15) is 12.3 Å². The van der Waals surface area contributed by atoms with Crippen molar-refractivity contribution in [2.45, 2.75) is 0 Å². The first kappa shape index (κ1) is 21.6. The number of fused-ring (bicyclic) bond motifs is 2. The molecule has 0 aliphatic carbocycles. The van der Waals surface area contributed by atoms with Gasteiger partial charge in [-0.3, -0.25) is 0 Å². The predicted octanol–water partition coefficient (Wildman–Crippen LogP) is 15.8. The van der Waals surface area contributed by atoms with Gasteiger partial charge in [0.05, 0.1) is 20.6 Å². The molecule has 0 N–H and O–H groups in total. The maximum atomic E-state index is 9.61. The van der Waals surface area contributed by atoms with Gasteiger partial charge in [0, 0.05) is 17.1 Å². The lowest BCUT2D eigenvalue weighted by atomic mass is 9.89. The normalized spacial score (nSPS) is 14.8. The van der Waals surface area contributed by atoms with Crippen LogP contribution in [0, 0.1) is 0 Å². The van der Waals surface area contributed by atoms with E-state index in [2.05, 4.69) is 0 Å². The van der Waals surface area contributed by atoms with Crippen LogP contribution in [-0.2, 0) is 0 Å². The SMILES string of the molecule is [2H]c1c([2H])c(N(c2ccc(-c3c(-c4ccccc4)ccc4ccccc34)cc2)c2c([2H])c([2H])c(-c3c([2H])c([2H])c4c([2H])c([2H])c([2H])c([2H])c4c3[2H])c([2H])c2[2H])c([2H])c([2H])c1-c1ccc(-c2ccccc2)cc1. The Labute approximate surface area is 355 Å². The lowest BCUT2D eigenvalue weighted by Crippen LogP contribution is -2.09. The van der Waals surface area contributed by atoms with Crippen LogP contribution >= 0.6 is 0 Å². The van der Waals surface area contributed by atoms with Gasteiger partial charge in [-0.15, -0.1) is 0 Å². The molecule has 0 spiro atoms. The first-order valence-corrected chi connectivity index (χ1v) is 18.4. The third-order valence-electron chi connectivity index (χ3n) is 9.88. The van der Waals surface area contributed by atoms with Crippen LogP contribution in [0.25, 0.3) is 77.2 Å². The van der Waals surface area contributed by atoms with Crippen LogP contribution in [0.1, 0.15) is 20.6 Å². The highest BCUT2D eigenvalue weighted by Crippen LogP contribution is 2.41. The van der Waals surface area contributed by atoms with E-state index >= 15 is 0 Å². The zero-order valence-corrected chi connectivity index (χ0v) is 30.3. The molecular formula is C56H39N. The smallest absolute Gasteiger partial charge is 0.0645 e. The molecule has 1 nitrogen and oxygen atoms in total. The van der Waals surface area contributed by atoms with Crippen molar-refractivity contribution in [3.63, 3.8) is 0 Å². The predicted molar refractivity (Wildman–Crippen MR) is 243 cm³/mol. The van der Waals surface area contributed by atoms with Crippen molar-refractivity contribution in [2.75, 3.05) is 4.90 Å². The molecule has 0 fully saturated rings. The van der Waals surface area contributed by atoms with Crippen LogP contribution in [0.15, 0.2) is 236 Å². The summed E-state index contributed by atoms with van der Waals surface area (Å²) in [5.41, 5.74) is 3.88. The fourth-order valence-electron chi connectivity index (χ4n) is 7.06. The minimum Gasteiger partial charge on any atom is -0.311 e. The summed E-state index contributed by atoms with van der Waals surface area (Å²) in [6.45, 7) is 0. The molecule has 0 heterocycles. The second-order valence-corrected chi connectivity index (χ2v) is 13.3. The fourth-order valence-corrected chi connectivity index (χ4v) is 7.06. The van der Waals surface area contributed by atoms with E-state index in [0.29, 0.717) is 5.56 Å². The van der Waals surface area contributed by atoms with E-state index in [1.807, 2.05) is 109 Å². The highest BCUT2D eigenvalue weighted by atomic mass is 15.1. The Morgan fingerprint density at radius 3 is 1.47 bits per heavy atom. The highest BCUT2D eigenvalue weighted by Gasteiger charge is 2.16. The van der Waals surface area contributed by atoms with E-state index in [0.717, 1.165) is 49.1 Å². The molecule has 1 heteroatoms. The first-order chi connectivity index (χ1) is 34.5. The summed E-state index contributed by atoms with van der Waals surface area (Å²) in [6, 6.07) is 35.5. The number of anilines is 3.